The second-order valence-corrected chi connectivity index (χ2v) is 8.77. The quantitative estimate of drug-likeness (QED) is 0.474. The molecule has 2 N–H and O–H groups in total. The van der Waals surface area contributed by atoms with E-state index in [1.165, 1.54) is 4.90 Å². The summed E-state index contributed by atoms with van der Waals surface area (Å²) in [6, 6.07) is 19.3. The third-order valence-corrected chi connectivity index (χ3v) is 6.09. The van der Waals surface area contributed by atoms with E-state index in [9.17, 15) is 14.4 Å². The number of para-hydroxylation sites is 1. The fourth-order valence-corrected chi connectivity index (χ4v) is 4.40. The van der Waals surface area contributed by atoms with E-state index in [0.717, 1.165) is 25.7 Å². The lowest BCUT2D eigenvalue weighted by molar-refractivity contribution is -0.127. The predicted molar refractivity (Wildman–Crippen MR) is 133 cm³/mol. The number of anilines is 2. The molecule has 2 aromatic carbocycles. The third-order valence-electron chi connectivity index (χ3n) is 6.09. The molecule has 0 aliphatic heterocycles. The highest BCUT2D eigenvalue weighted by Gasteiger charge is 2.34. The molecular weight excluding hydrogens is 444 g/mol. The number of hydrogen-bond acceptors (Lipinski definition) is 5. The highest BCUT2D eigenvalue weighted by molar-refractivity contribution is 6.03. The Morgan fingerprint density at radius 2 is 1.66 bits per heavy atom. The van der Waals surface area contributed by atoms with Gasteiger partial charge in [-0.3, -0.25) is 19.3 Å². The van der Waals surface area contributed by atoms with Crippen molar-refractivity contribution in [2.45, 2.75) is 57.5 Å². The first-order chi connectivity index (χ1) is 17.0. The summed E-state index contributed by atoms with van der Waals surface area (Å²) < 4.78 is 4.96. The Labute approximate surface area is 204 Å². The molecule has 3 amide bonds. The first-order valence-corrected chi connectivity index (χ1v) is 12.0. The second kappa shape index (κ2) is 11.5. The van der Waals surface area contributed by atoms with Gasteiger partial charge in [0.2, 0.25) is 17.7 Å². The number of aryl methyl sites for hydroxylation is 1. The van der Waals surface area contributed by atoms with E-state index in [-0.39, 0.29) is 36.6 Å². The molecule has 1 saturated carbocycles. The molecule has 1 aliphatic carbocycles. The highest BCUT2D eigenvalue weighted by Crippen LogP contribution is 2.30. The molecule has 1 aliphatic rings. The van der Waals surface area contributed by atoms with Crippen molar-refractivity contribution in [1.82, 2.24) is 10.5 Å². The van der Waals surface area contributed by atoms with Crippen molar-refractivity contribution in [2.75, 3.05) is 10.2 Å². The smallest absolute Gasteiger partial charge is 0.248 e. The van der Waals surface area contributed by atoms with Crippen molar-refractivity contribution in [2.24, 2.45) is 0 Å². The number of nitrogens with one attached hydrogen (secondary N) is 2. The fourth-order valence-electron chi connectivity index (χ4n) is 4.40. The molecule has 1 heterocycles. The molecule has 0 saturated heterocycles. The zero-order chi connectivity index (χ0) is 24.6. The van der Waals surface area contributed by atoms with Crippen molar-refractivity contribution < 1.29 is 18.9 Å². The zero-order valence-electron chi connectivity index (χ0n) is 19.8. The van der Waals surface area contributed by atoms with Crippen LogP contribution in [0.3, 0.4) is 0 Å². The van der Waals surface area contributed by atoms with Crippen LogP contribution in [0.1, 0.15) is 55.9 Å². The number of carbonyl (C=O) groups excluding carboxylic acids is 3. The highest BCUT2D eigenvalue weighted by atomic mass is 16.5. The van der Waals surface area contributed by atoms with Gasteiger partial charge in [0.05, 0.1) is 0 Å². The summed E-state index contributed by atoms with van der Waals surface area (Å²) in [4.78, 5) is 41.1. The average molecular weight is 475 g/mol. The molecule has 1 atom stereocenters. The minimum atomic E-state index is -0.854. The van der Waals surface area contributed by atoms with Gasteiger partial charge in [-0.2, -0.15) is 0 Å². The first kappa shape index (κ1) is 24.2. The summed E-state index contributed by atoms with van der Waals surface area (Å²) in [7, 11) is 0. The van der Waals surface area contributed by atoms with Crippen LogP contribution in [-0.2, 0) is 14.4 Å². The number of benzene rings is 2. The van der Waals surface area contributed by atoms with Crippen LogP contribution in [0.25, 0.3) is 0 Å². The van der Waals surface area contributed by atoms with Gasteiger partial charge in [-0.05, 0) is 37.5 Å². The fraction of sp³-hybridized carbons (Fsp3) is 0.333. The Morgan fingerprint density at radius 3 is 2.29 bits per heavy atom. The number of hydrogen-bond donors (Lipinski definition) is 2. The molecule has 35 heavy (non-hydrogen) atoms. The molecule has 0 bridgehead atoms. The summed E-state index contributed by atoms with van der Waals surface area (Å²) in [6.07, 6.45) is 3.92. The number of rotatable bonds is 9. The monoisotopic (exact) mass is 474 g/mol. The van der Waals surface area contributed by atoms with Crippen LogP contribution < -0.4 is 15.5 Å². The van der Waals surface area contributed by atoms with Gasteiger partial charge in [0.25, 0.3) is 0 Å². The van der Waals surface area contributed by atoms with Gasteiger partial charge in [0.1, 0.15) is 11.8 Å². The van der Waals surface area contributed by atoms with Crippen molar-refractivity contribution >= 4 is 29.2 Å². The van der Waals surface area contributed by atoms with E-state index in [4.69, 9.17) is 4.52 Å². The van der Waals surface area contributed by atoms with E-state index in [2.05, 4.69) is 15.8 Å². The van der Waals surface area contributed by atoms with Crippen LogP contribution in [0.4, 0.5) is 11.5 Å². The van der Waals surface area contributed by atoms with Crippen molar-refractivity contribution in [1.29, 1.82) is 0 Å². The van der Waals surface area contributed by atoms with Gasteiger partial charge in [0, 0.05) is 30.6 Å². The van der Waals surface area contributed by atoms with E-state index in [0.29, 0.717) is 22.8 Å². The molecule has 8 heteroatoms. The van der Waals surface area contributed by atoms with E-state index >= 15 is 0 Å². The Morgan fingerprint density at radius 1 is 1.00 bits per heavy atom. The molecule has 4 rings (SSSR count). The SMILES string of the molecule is Cc1cc(NC(=O)CCC(=O)N(c2ccccc2)[C@@H](C(=O)NC2CCCC2)c2ccccc2)no1. The number of nitrogens with zero attached hydrogens (tertiary/aromatic N) is 2. The molecule has 1 fully saturated rings. The minimum Gasteiger partial charge on any atom is -0.360 e. The Bertz CT molecular complexity index is 1140. The maximum atomic E-state index is 13.6. The molecule has 182 valence electrons. The maximum Gasteiger partial charge on any atom is 0.248 e. The van der Waals surface area contributed by atoms with Gasteiger partial charge in [-0.25, -0.2) is 0 Å². The van der Waals surface area contributed by atoms with E-state index in [1.54, 1.807) is 25.1 Å². The standard InChI is InChI=1S/C27H30N4O4/c1-19-18-23(30-35-19)29-24(32)16-17-25(33)31(22-14-6-3-7-15-22)26(20-10-4-2-5-11-20)27(34)28-21-12-8-9-13-21/h2-7,10-11,14-15,18,21,26H,8-9,12-13,16-17H2,1H3,(H,28,34)(H,29,30,32)/t26-/m1/s1. The second-order valence-electron chi connectivity index (χ2n) is 8.77. The number of carbonyl (C=O) groups is 3. The Hall–Kier alpha value is -3.94. The first-order valence-electron chi connectivity index (χ1n) is 12.0. The lowest BCUT2D eigenvalue weighted by Gasteiger charge is -2.32. The molecule has 0 unspecified atom stereocenters. The van der Waals surface area contributed by atoms with Crippen LogP contribution in [0.15, 0.2) is 71.3 Å². The molecule has 0 spiro atoms. The Kier molecular flexibility index (Phi) is 7.92. The van der Waals surface area contributed by atoms with Gasteiger partial charge < -0.3 is 15.2 Å². The van der Waals surface area contributed by atoms with E-state index in [1.807, 2.05) is 48.5 Å². The summed E-state index contributed by atoms with van der Waals surface area (Å²) in [5, 5.41) is 9.54. The molecule has 0 radical (unpaired) electrons. The van der Waals surface area contributed by atoms with Crippen LogP contribution in [0.5, 0.6) is 0 Å². The van der Waals surface area contributed by atoms with Crippen LogP contribution in [-0.4, -0.2) is 28.9 Å². The van der Waals surface area contributed by atoms with Gasteiger partial charge in [-0.15, -0.1) is 0 Å². The van der Waals surface area contributed by atoms with Crippen LogP contribution in [0, 0.1) is 6.92 Å². The summed E-state index contributed by atoms with van der Waals surface area (Å²) in [6.45, 7) is 1.73. The van der Waals surface area contributed by atoms with Crippen molar-refractivity contribution in [3.63, 3.8) is 0 Å². The Balaban J connectivity index is 1.57. The average Bonchev–Trinajstić information content (AvgIpc) is 3.53. The number of amides is 3. The lowest BCUT2D eigenvalue weighted by Crippen LogP contribution is -2.46. The van der Waals surface area contributed by atoms with Gasteiger partial charge in [0.15, 0.2) is 5.82 Å². The maximum absolute atomic E-state index is 13.6. The predicted octanol–water partition coefficient (Wildman–Crippen LogP) is 4.54. The van der Waals surface area contributed by atoms with Crippen molar-refractivity contribution in [3.05, 3.63) is 78.1 Å². The topological polar surface area (TPSA) is 105 Å². The summed E-state index contributed by atoms with van der Waals surface area (Å²) >= 11 is 0. The summed E-state index contributed by atoms with van der Waals surface area (Å²) in [5.41, 5.74) is 1.31. The minimum absolute atomic E-state index is 0.0557. The molecular formula is C27H30N4O4. The third kappa shape index (κ3) is 6.35. The van der Waals surface area contributed by atoms with Crippen molar-refractivity contribution in [3.8, 4) is 0 Å². The molecule has 1 aromatic heterocycles. The van der Waals surface area contributed by atoms with Gasteiger partial charge in [-0.1, -0.05) is 66.5 Å². The largest absolute Gasteiger partial charge is 0.360 e. The van der Waals surface area contributed by atoms with E-state index < -0.39 is 6.04 Å². The lowest BCUT2D eigenvalue weighted by atomic mass is 10.0. The van der Waals surface area contributed by atoms with Crippen LogP contribution >= 0.6 is 0 Å². The molecule has 3 aromatic rings. The summed E-state index contributed by atoms with van der Waals surface area (Å²) in [5.74, 6) is -0.0177. The normalized spacial score (nSPS) is 14.3. The zero-order valence-corrected chi connectivity index (χ0v) is 19.8. The molecule has 8 nitrogen and oxygen atoms in total. The van der Waals surface area contributed by atoms with Gasteiger partial charge >= 0.3 is 0 Å². The van der Waals surface area contributed by atoms with Crippen LogP contribution in [0.2, 0.25) is 0 Å². The number of aromatic nitrogens is 1.